The molecule has 104 valence electrons. The standard InChI is InChI=1S/C16H16Cl2N2/c17-14-8-13(19)9-15(18)16(14)20-7-6-12(10-20)11-4-2-1-3-5-11/h1-5,8-9,12H,6-7,10,19H2. The fourth-order valence-electron chi connectivity index (χ4n) is 2.85. The third-order valence-corrected chi connectivity index (χ3v) is 4.39. The minimum absolute atomic E-state index is 0.529. The van der Waals surface area contributed by atoms with Crippen molar-refractivity contribution in [2.75, 3.05) is 23.7 Å². The highest BCUT2D eigenvalue weighted by Crippen LogP contribution is 2.40. The zero-order chi connectivity index (χ0) is 14.1. The van der Waals surface area contributed by atoms with Gasteiger partial charge in [0, 0.05) is 24.7 Å². The van der Waals surface area contributed by atoms with Gasteiger partial charge in [0.25, 0.3) is 0 Å². The zero-order valence-corrected chi connectivity index (χ0v) is 12.5. The summed E-state index contributed by atoms with van der Waals surface area (Å²) in [5.74, 6) is 0.529. The predicted octanol–water partition coefficient (Wildman–Crippen LogP) is 4.57. The van der Waals surface area contributed by atoms with E-state index in [9.17, 15) is 0 Å². The van der Waals surface area contributed by atoms with Gasteiger partial charge in [0.2, 0.25) is 0 Å². The quantitative estimate of drug-likeness (QED) is 0.824. The van der Waals surface area contributed by atoms with E-state index < -0.39 is 0 Å². The van der Waals surface area contributed by atoms with Crippen molar-refractivity contribution in [3.63, 3.8) is 0 Å². The van der Waals surface area contributed by atoms with Crippen molar-refractivity contribution in [2.45, 2.75) is 12.3 Å². The molecule has 0 spiro atoms. The fourth-order valence-corrected chi connectivity index (χ4v) is 3.59. The summed E-state index contributed by atoms with van der Waals surface area (Å²) in [7, 11) is 0. The van der Waals surface area contributed by atoms with Gasteiger partial charge in [0.1, 0.15) is 0 Å². The van der Waals surface area contributed by atoms with Gasteiger partial charge in [-0.3, -0.25) is 0 Å². The Balaban J connectivity index is 1.85. The highest BCUT2D eigenvalue weighted by atomic mass is 35.5. The molecule has 1 unspecified atom stereocenters. The predicted molar refractivity (Wildman–Crippen MR) is 86.9 cm³/mol. The van der Waals surface area contributed by atoms with Crippen LogP contribution < -0.4 is 10.6 Å². The first kappa shape index (κ1) is 13.6. The number of anilines is 2. The van der Waals surface area contributed by atoms with Gasteiger partial charge in [0.15, 0.2) is 0 Å². The number of hydrogen-bond acceptors (Lipinski definition) is 2. The van der Waals surface area contributed by atoms with E-state index in [1.54, 1.807) is 12.1 Å². The average Bonchev–Trinajstić information content (AvgIpc) is 2.88. The van der Waals surface area contributed by atoms with Crippen molar-refractivity contribution < 1.29 is 0 Å². The van der Waals surface area contributed by atoms with Gasteiger partial charge in [-0.05, 0) is 24.1 Å². The van der Waals surface area contributed by atoms with E-state index >= 15 is 0 Å². The molecule has 0 radical (unpaired) electrons. The van der Waals surface area contributed by atoms with Crippen LogP contribution in [0.3, 0.4) is 0 Å². The summed E-state index contributed by atoms with van der Waals surface area (Å²) in [6.45, 7) is 1.90. The molecule has 2 N–H and O–H groups in total. The summed E-state index contributed by atoms with van der Waals surface area (Å²) in [6, 6.07) is 14.1. The lowest BCUT2D eigenvalue weighted by Gasteiger charge is -2.22. The third-order valence-electron chi connectivity index (χ3n) is 3.81. The number of hydrogen-bond donors (Lipinski definition) is 1. The van der Waals surface area contributed by atoms with Crippen molar-refractivity contribution >= 4 is 34.6 Å². The molecule has 2 nitrogen and oxygen atoms in total. The molecule has 1 fully saturated rings. The zero-order valence-electron chi connectivity index (χ0n) is 11.0. The van der Waals surface area contributed by atoms with Crippen LogP contribution in [0.4, 0.5) is 11.4 Å². The molecule has 0 aliphatic carbocycles. The average molecular weight is 307 g/mol. The first-order chi connectivity index (χ1) is 9.65. The molecular weight excluding hydrogens is 291 g/mol. The Bertz CT molecular complexity index is 590. The normalized spacial score (nSPS) is 18.5. The number of benzene rings is 2. The fraction of sp³-hybridized carbons (Fsp3) is 0.250. The SMILES string of the molecule is Nc1cc(Cl)c(N2CCC(c3ccccc3)C2)c(Cl)c1. The monoisotopic (exact) mass is 306 g/mol. The summed E-state index contributed by atoms with van der Waals surface area (Å²) >= 11 is 12.6. The first-order valence-electron chi connectivity index (χ1n) is 6.69. The van der Waals surface area contributed by atoms with Gasteiger partial charge in [-0.25, -0.2) is 0 Å². The van der Waals surface area contributed by atoms with E-state index in [4.69, 9.17) is 28.9 Å². The highest BCUT2D eigenvalue weighted by molar-refractivity contribution is 6.39. The van der Waals surface area contributed by atoms with Crippen molar-refractivity contribution in [1.82, 2.24) is 0 Å². The minimum Gasteiger partial charge on any atom is -0.399 e. The summed E-state index contributed by atoms with van der Waals surface area (Å²) < 4.78 is 0. The minimum atomic E-state index is 0.529. The molecule has 2 aromatic carbocycles. The number of nitrogen functional groups attached to an aromatic ring is 1. The van der Waals surface area contributed by atoms with Crippen molar-refractivity contribution in [3.05, 3.63) is 58.1 Å². The lowest BCUT2D eigenvalue weighted by Crippen LogP contribution is -2.20. The summed E-state index contributed by atoms with van der Waals surface area (Å²) in [4.78, 5) is 2.25. The first-order valence-corrected chi connectivity index (χ1v) is 7.45. The molecule has 0 aromatic heterocycles. The molecule has 0 bridgehead atoms. The number of halogens is 2. The Morgan fingerprint density at radius 2 is 1.70 bits per heavy atom. The molecule has 1 heterocycles. The number of rotatable bonds is 2. The molecule has 0 saturated carbocycles. The molecular formula is C16H16Cl2N2. The largest absolute Gasteiger partial charge is 0.399 e. The van der Waals surface area contributed by atoms with Gasteiger partial charge in [-0.1, -0.05) is 53.5 Å². The third kappa shape index (κ3) is 2.58. The lowest BCUT2D eigenvalue weighted by atomic mass is 9.99. The van der Waals surface area contributed by atoms with Gasteiger partial charge >= 0.3 is 0 Å². The summed E-state index contributed by atoms with van der Waals surface area (Å²) in [5.41, 5.74) is 8.63. The van der Waals surface area contributed by atoms with Crippen LogP contribution in [0.5, 0.6) is 0 Å². The molecule has 1 aliphatic heterocycles. The van der Waals surface area contributed by atoms with Crippen LogP contribution in [0.25, 0.3) is 0 Å². The van der Waals surface area contributed by atoms with Crippen molar-refractivity contribution in [3.8, 4) is 0 Å². The van der Waals surface area contributed by atoms with Crippen LogP contribution in [0.2, 0.25) is 10.0 Å². The topological polar surface area (TPSA) is 29.3 Å². The van der Waals surface area contributed by atoms with Gasteiger partial charge in [0.05, 0.1) is 15.7 Å². The smallest absolute Gasteiger partial charge is 0.0746 e. The Kier molecular flexibility index (Phi) is 3.77. The van der Waals surface area contributed by atoms with Gasteiger partial charge in [-0.2, -0.15) is 0 Å². The van der Waals surface area contributed by atoms with Crippen molar-refractivity contribution in [2.24, 2.45) is 0 Å². The second-order valence-corrected chi connectivity index (χ2v) is 5.99. The van der Waals surface area contributed by atoms with Crippen LogP contribution in [-0.2, 0) is 0 Å². The summed E-state index contributed by atoms with van der Waals surface area (Å²) in [6.07, 6.45) is 1.11. The maximum atomic E-state index is 6.30. The van der Waals surface area contributed by atoms with E-state index in [0.29, 0.717) is 21.7 Å². The van der Waals surface area contributed by atoms with E-state index in [-0.39, 0.29) is 0 Å². The molecule has 2 aromatic rings. The Morgan fingerprint density at radius 3 is 2.35 bits per heavy atom. The maximum absolute atomic E-state index is 6.30. The van der Waals surface area contributed by atoms with Crippen LogP contribution in [0.1, 0.15) is 17.9 Å². The van der Waals surface area contributed by atoms with Crippen LogP contribution >= 0.6 is 23.2 Å². The number of nitrogens with zero attached hydrogens (tertiary/aromatic N) is 1. The van der Waals surface area contributed by atoms with E-state index in [1.165, 1.54) is 5.56 Å². The second kappa shape index (κ2) is 5.55. The van der Waals surface area contributed by atoms with Gasteiger partial charge < -0.3 is 10.6 Å². The van der Waals surface area contributed by atoms with Crippen molar-refractivity contribution in [1.29, 1.82) is 0 Å². The van der Waals surface area contributed by atoms with Crippen LogP contribution in [0, 0.1) is 0 Å². The second-order valence-electron chi connectivity index (χ2n) is 5.18. The Labute approximate surface area is 129 Å². The molecule has 3 rings (SSSR count). The maximum Gasteiger partial charge on any atom is 0.0746 e. The van der Waals surface area contributed by atoms with E-state index in [2.05, 4.69) is 29.2 Å². The molecule has 0 amide bonds. The Hall–Kier alpha value is -1.38. The van der Waals surface area contributed by atoms with Gasteiger partial charge in [-0.15, -0.1) is 0 Å². The molecule has 4 heteroatoms. The highest BCUT2D eigenvalue weighted by Gasteiger charge is 2.26. The van der Waals surface area contributed by atoms with Crippen LogP contribution in [0.15, 0.2) is 42.5 Å². The Morgan fingerprint density at radius 1 is 1.05 bits per heavy atom. The van der Waals surface area contributed by atoms with E-state index in [1.807, 2.05) is 6.07 Å². The molecule has 1 atom stereocenters. The molecule has 20 heavy (non-hydrogen) atoms. The lowest BCUT2D eigenvalue weighted by molar-refractivity contribution is 0.775. The van der Waals surface area contributed by atoms with Crippen LogP contribution in [-0.4, -0.2) is 13.1 Å². The number of nitrogens with two attached hydrogens (primary N) is 1. The molecule has 1 saturated heterocycles. The molecule has 1 aliphatic rings. The van der Waals surface area contributed by atoms with E-state index in [0.717, 1.165) is 25.2 Å². The summed E-state index contributed by atoms with van der Waals surface area (Å²) in [5, 5.41) is 1.26.